The van der Waals surface area contributed by atoms with E-state index in [4.69, 9.17) is 5.26 Å². The Labute approximate surface area is 103 Å². The molecule has 1 aliphatic rings. The van der Waals surface area contributed by atoms with Crippen molar-refractivity contribution in [1.29, 1.82) is 5.26 Å². The van der Waals surface area contributed by atoms with Crippen molar-refractivity contribution in [2.45, 2.75) is 0 Å². The summed E-state index contributed by atoms with van der Waals surface area (Å²) in [4.78, 5) is 12.4. The van der Waals surface area contributed by atoms with E-state index in [0.29, 0.717) is 5.69 Å². The predicted octanol–water partition coefficient (Wildman–Crippen LogP) is 2.02. The number of nitro benzene ring substituents is 1. The van der Waals surface area contributed by atoms with Gasteiger partial charge in [0, 0.05) is 30.7 Å². The van der Waals surface area contributed by atoms with Crippen molar-refractivity contribution in [3.8, 4) is 6.07 Å². The summed E-state index contributed by atoms with van der Waals surface area (Å²) in [6, 6.07) is 6.74. The summed E-state index contributed by atoms with van der Waals surface area (Å²) in [6.07, 6.45) is 0. The lowest BCUT2D eigenvalue weighted by Gasteiger charge is -2.28. The smallest absolute Gasteiger partial charge is 0.289 e. The van der Waals surface area contributed by atoms with Crippen LogP contribution in [0.15, 0.2) is 18.2 Å². The van der Waals surface area contributed by atoms with Crippen molar-refractivity contribution in [2.75, 3.05) is 29.5 Å². The first kappa shape index (κ1) is 11.7. The Morgan fingerprint density at radius 3 is 2.71 bits per heavy atom. The summed E-state index contributed by atoms with van der Waals surface area (Å²) < 4.78 is 0. The Bertz CT molecular complexity index is 478. The van der Waals surface area contributed by atoms with Crippen LogP contribution in [0, 0.1) is 21.4 Å². The van der Waals surface area contributed by atoms with Crippen LogP contribution in [0.5, 0.6) is 0 Å². The number of thioether (sulfide) groups is 1. The summed E-state index contributed by atoms with van der Waals surface area (Å²) in [5.74, 6) is 1.99. The fourth-order valence-electron chi connectivity index (χ4n) is 1.86. The van der Waals surface area contributed by atoms with Crippen LogP contribution in [0.25, 0.3) is 0 Å². The number of benzene rings is 1. The summed E-state index contributed by atoms with van der Waals surface area (Å²) in [7, 11) is 0. The molecule has 1 aromatic rings. The minimum Gasteiger partial charge on any atom is -0.369 e. The largest absolute Gasteiger partial charge is 0.369 e. The fraction of sp³-hybridized carbons (Fsp3) is 0.364. The number of nitriles is 1. The van der Waals surface area contributed by atoms with Crippen LogP contribution in [0.4, 0.5) is 11.4 Å². The first-order valence-corrected chi connectivity index (χ1v) is 6.39. The second kappa shape index (κ2) is 5.06. The van der Waals surface area contributed by atoms with Crippen LogP contribution in [-0.4, -0.2) is 29.5 Å². The van der Waals surface area contributed by atoms with Gasteiger partial charge in [-0.2, -0.15) is 17.0 Å². The molecule has 1 aromatic carbocycles. The van der Waals surface area contributed by atoms with Gasteiger partial charge in [0.15, 0.2) is 5.56 Å². The maximum Gasteiger partial charge on any atom is 0.289 e. The van der Waals surface area contributed by atoms with Crippen LogP contribution < -0.4 is 4.90 Å². The minimum absolute atomic E-state index is 0.108. The van der Waals surface area contributed by atoms with Gasteiger partial charge in [0.05, 0.1) is 10.6 Å². The molecule has 6 heteroatoms. The Morgan fingerprint density at radius 1 is 1.41 bits per heavy atom. The van der Waals surface area contributed by atoms with Gasteiger partial charge in [-0.3, -0.25) is 10.1 Å². The molecule has 2 rings (SSSR count). The Hall–Kier alpha value is -1.74. The second-order valence-electron chi connectivity index (χ2n) is 3.64. The van der Waals surface area contributed by atoms with E-state index in [1.54, 1.807) is 12.1 Å². The molecule has 0 spiro atoms. The van der Waals surface area contributed by atoms with Gasteiger partial charge in [-0.15, -0.1) is 0 Å². The van der Waals surface area contributed by atoms with Gasteiger partial charge in [0.1, 0.15) is 6.07 Å². The molecule has 88 valence electrons. The molecule has 0 radical (unpaired) electrons. The predicted molar refractivity (Wildman–Crippen MR) is 67.3 cm³/mol. The normalized spacial score (nSPS) is 15.4. The molecule has 0 N–H and O–H groups in total. The second-order valence-corrected chi connectivity index (χ2v) is 4.86. The highest BCUT2D eigenvalue weighted by Gasteiger charge is 2.21. The molecule has 1 aliphatic heterocycles. The number of hydrogen-bond donors (Lipinski definition) is 0. The van der Waals surface area contributed by atoms with E-state index < -0.39 is 4.92 Å². The van der Waals surface area contributed by atoms with Gasteiger partial charge in [-0.25, -0.2) is 0 Å². The first-order chi connectivity index (χ1) is 8.24. The minimum atomic E-state index is -0.499. The molecule has 0 aliphatic carbocycles. The molecule has 17 heavy (non-hydrogen) atoms. The SMILES string of the molecule is N#Cc1c(N2CCSCC2)cccc1[N+](=O)[O-]. The number of hydrogen-bond acceptors (Lipinski definition) is 5. The molecule has 0 unspecified atom stereocenters. The fourth-order valence-corrected chi connectivity index (χ4v) is 2.77. The molecule has 0 atom stereocenters. The third kappa shape index (κ3) is 2.34. The van der Waals surface area contributed by atoms with Crippen molar-refractivity contribution in [2.24, 2.45) is 0 Å². The van der Waals surface area contributed by atoms with E-state index in [1.807, 2.05) is 22.7 Å². The molecule has 1 fully saturated rings. The highest BCUT2D eigenvalue weighted by Crippen LogP contribution is 2.29. The van der Waals surface area contributed by atoms with E-state index in [1.165, 1.54) is 6.07 Å². The monoisotopic (exact) mass is 249 g/mol. The van der Waals surface area contributed by atoms with Gasteiger partial charge in [-0.1, -0.05) is 6.07 Å². The highest BCUT2D eigenvalue weighted by atomic mass is 32.2. The molecule has 0 saturated carbocycles. The Kier molecular flexibility index (Phi) is 3.49. The highest BCUT2D eigenvalue weighted by molar-refractivity contribution is 7.99. The lowest BCUT2D eigenvalue weighted by molar-refractivity contribution is -0.385. The quantitative estimate of drug-likeness (QED) is 0.592. The maximum absolute atomic E-state index is 10.8. The lowest BCUT2D eigenvalue weighted by Crippen LogP contribution is -2.33. The van der Waals surface area contributed by atoms with Gasteiger partial charge in [-0.05, 0) is 6.07 Å². The summed E-state index contributed by atoms with van der Waals surface area (Å²) in [6.45, 7) is 1.67. The zero-order chi connectivity index (χ0) is 12.3. The molecular weight excluding hydrogens is 238 g/mol. The zero-order valence-corrected chi connectivity index (χ0v) is 9.94. The van der Waals surface area contributed by atoms with Gasteiger partial charge < -0.3 is 4.90 Å². The molecule has 0 amide bonds. The summed E-state index contributed by atoms with van der Waals surface area (Å²) >= 11 is 1.86. The van der Waals surface area contributed by atoms with Gasteiger partial charge in [0.2, 0.25) is 0 Å². The molecule has 1 heterocycles. The van der Waals surface area contributed by atoms with Crippen LogP contribution in [0.1, 0.15) is 5.56 Å². The number of rotatable bonds is 2. The van der Waals surface area contributed by atoms with E-state index in [9.17, 15) is 10.1 Å². The molecule has 1 saturated heterocycles. The van der Waals surface area contributed by atoms with Crippen molar-refractivity contribution in [3.05, 3.63) is 33.9 Å². The molecule has 5 nitrogen and oxygen atoms in total. The van der Waals surface area contributed by atoms with E-state index in [-0.39, 0.29) is 11.3 Å². The molecule has 0 aromatic heterocycles. The maximum atomic E-state index is 10.8. The average Bonchev–Trinajstić information content (AvgIpc) is 2.38. The van der Waals surface area contributed by atoms with Gasteiger partial charge in [0.25, 0.3) is 5.69 Å². The van der Waals surface area contributed by atoms with Crippen molar-refractivity contribution >= 4 is 23.1 Å². The summed E-state index contributed by atoms with van der Waals surface area (Å²) in [5, 5.41) is 19.9. The Balaban J connectivity index is 2.43. The average molecular weight is 249 g/mol. The number of nitro groups is 1. The van der Waals surface area contributed by atoms with Crippen LogP contribution >= 0.6 is 11.8 Å². The van der Waals surface area contributed by atoms with Crippen LogP contribution in [-0.2, 0) is 0 Å². The van der Waals surface area contributed by atoms with E-state index in [2.05, 4.69) is 0 Å². The van der Waals surface area contributed by atoms with Crippen LogP contribution in [0.3, 0.4) is 0 Å². The standard InChI is InChI=1S/C11H11N3O2S/c12-8-9-10(13-4-6-17-7-5-13)2-1-3-11(9)14(15)16/h1-3H,4-7H2. The van der Waals surface area contributed by atoms with Crippen molar-refractivity contribution < 1.29 is 4.92 Å². The third-order valence-electron chi connectivity index (χ3n) is 2.68. The van der Waals surface area contributed by atoms with E-state index >= 15 is 0 Å². The third-order valence-corrected chi connectivity index (χ3v) is 3.62. The number of anilines is 1. The zero-order valence-electron chi connectivity index (χ0n) is 9.13. The first-order valence-electron chi connectivity index (χ1n) is 5.24. The van der Waals surface area contributed by atoms with Gasteiger partial charge >= 0.3 is 0 Å². The summed E-state index contributed by atoms with van der Waals surface area (Å²) in [5.41, 5.74) is 0.745. The molecular formula is C11H11N3O2S. The molecule has 0 bridgehead atoms. The van der Waals surface area contributed by atoms with Crippen LogP contribution in [0.2, 0.25) is 0 Å². The van der Waals surface area contributed by atoms with E-state index in [0.717, 1.165) is 24.6 Å². The number of nitrogens with zero attached hydrogens (tertiary/aromatic N) is 3. The van der Waals surface area contributed by atoms with Crippen molar-refractivity contribution in [3.63, 3.8) is 0 Å². The van der Waals surface area contributed by atoms with Crippen molar-refractivity contribution in [1.82, 2.24) is 0 Å². The Morgan fingerprint density at radius 2 is 2.12 bits per heavy atom. The topological polar surface area (TPSA) is 70.2 Å². The lowest BCUT2D eigenvalue weighted by atomic mass is 10.1.